The second-order valence-electron chi connectivity index (χ2n) is 17.7. The van der Waals surface area contributed by atoms with Crippen LogP contribution < -0.4 is 9.80 Å². The van der Waals surface area contributed by atoms with E-state index in [1.807, 2.05) is 0 Å². The fraction of sp³-hybridized carbons (Fsp3) is 0.103. The number of anilines is 6. The van der Waals surface area contributed by atoms with Crippen LogP contribution in [0, 0.1) is 0 Å². The maximum Gasteiger partial charge on any atom is 0.162 e. The first-order chi connectivity index (χ1) is 29.8. The van der Waals surface area contributed by atoms with Gasteiger partial charge in [0.15, 0.2) is 5.58 Å². The van der Waals surface area contributed by atoms with E-state index in [1.165, 1.54) is 44.5 Å². The van der Waals surface area contributed by atoms with Gasteiger partial charge >= 0.3 is 0 Å². The van der Waals surface area contributed by atoms with Gasteiger partial charge in [0, 0.05) is 49.7 Å². The Morgan fingerprint density at radius 3 is 1.30 bits per heavy atom. The molecule has 0 atom stereocenters. The molecule has 0 bridgehead atoms. The number of para-hydroxylation sites is 3. The third kappa shape index (κ3) is 5.10. The van der Waals surface area contributed by atoms with Crippen LogP contribution in [0.5, 0.6) is 0 Å². The van der Waals surface area contributed by atoms with E-state index in [4.69, 9.17) is 4.42 Å². The van der Waals surface area contributed by atoms with Crippen LogP contribution >= 0.6 is 0 Å². The predicted octanol–water partition coefficient (Wildman–Crippen LogP) is 16.3. The van der Waals surface area contributed by atoms with Crippen LogP contribution in [0.15, 0.2) is 199 Å². The number of hydrogen-bond acceptors (Lipinski definition) is 3. The summed E-state index contributed by atoms with van der Waals surface area (Å²) in [6.45, 7) is 9.42. The van der Waals surface area contributed by atoms with Gasteiger partial charge in [0.1, 0.15) is 5.58 Å². The molecule has 10 aromatic rings. The Bertz CT molecular complexity index is 3380. The van der Waals surface area contributed by atoms with Crippen molar-refractivity contribution in [1.29, 1.82) is 0 Å². The minimum atomic E-state index is -0.160. The molecule has 9 aromatic carbocycles. The molecule has 1 aromatic heterocycles. The minimum Gasteiger partial charge on any atom is -0.454 e. The first-order valence-electron chi connectivity index (χ1n) is 21.4. The van der Waals surface area contributed by atoms with Gasteiger partial charge in [-0.25, -0.2) is 0 Å². The Hall–Kier alpha value is -7.36. The molecular weight excluding hydrogens is 741 g/mol. The maximum atomic E-state index is 7.24. The SMILES string of the molecule is CC1(C)c2ccccc2-c2ccc(N(c3ccccc3)c3c4ccccc4c(N(c4ccccc4)c4ccc5c(c4)C(C)(C)c4ccccc4-5)c4c3oc3ccccc34)cc21. The Morgan fingerprint density at radius 2 is 0.754 bits per heavy atom. The van der Waals surface area contributed by atoms with Crippen LogP contribution in [0.2, 0.25) is 0 Å². The lowest BCUT2D eigenvalue weighted by Crippen LogP contribution is -2.18. The van der Waals surface area contributed by atoms with Gasteiger partial charge in [-0.2, -0.15) is 0 Å². The van der Waals surface area contributed by atoms with E-state index < -0.39 is 0 Å². The molecule has 3 heteroatoms. The molecule has 0 amide bonds. The second kappa shape index (κ2) is 13.1. The highest BCUT2D eigenvalue weighted by atomic mass is 16.3. The number of hydrogen-bond donors (Lipinski definition) is 0. The van der Waals surface area contributed by atoms with Gasteiger partial charge in [-0.3, -0.25) is 0 Å². The van der Waals surface area contributed by atoms with E-state index >= 15 is 0 Å². The summed E-state index contributed by atoms with van der Waals surface area (Å²) in [4.78, 5) is 4.90. The van der Waals surface area contributed by atoms with E-state index in [2.05, 4.69) is 232 Å². The molecule has 2 aliphatic rings. The lowest BCUT2D eigenvalue weighted by Gasteiger charge is -2.32. The predicted molar refractivity (Wildman–Crippen MR) is 256 cm³/mol. The third-order valence-corrected chi connectivity index (χ3v) is 13.6. The quantitative estimate of drug-likeness (QED) is 0.157. The van der Waals surface area contributed by atoms with Crippen molar-refractivity contribution in [2.24, 2.45) is 0 Å². The zero-order valence-electron chi connectivity index (χ0n) is 34.8. The molecule has 0 N–H and O–H groups in total. The van der Waals surface area contributed by atoms with Crippen molar-refractivity contribution in [3.8, 4) is 22.3 Å². The highest BCUT2D eigenvalue weighted by Crippen LogP contribution is 2.57. The smallest absolute Gasteiger partial charge is 0.162 e. The topological polar surface area (TPSA) is 19.6 Å². The summed E-state index contributed by atoms with van der Waals surface area (Å²) >= 11 is 0. The molecule has 12 rings (SSSR count). The van der Waals surface area contributed by atoms with Crippen molar-refractivity contribution < 1.29 is 4.42 Å². The van der Waals surface area contributed by atoms with E-state index in [0.717, 1.165) is 66.8 Å². The van der Waals surface area contributed by atoms with Gasteiger partial charge in [0.2, 0.25) is 0 Å². The van der Waals surface area contributed by atoms with Gasteiger partial charge in [0.25, 0.3) is 0 Å². The Morgan fingerprint density at radius 1 is 0.344 bits per heavy atom. The molecule has 0 saturated heterocycles. The second-order valence-corrected chi connectivity index (χ2v) is 17.7. The van der Waals surface area contributed by atoms with Crippen LogP contribution in [0.25, 0.3) is 55.0 Å². The molecule has 0 fully saturated rings. The molecule has 1 heterocycles. The molecule has 0 unspecified atom stereocenters. The average Bonchev–Trinajstić information content (AvgIpc) is 3.88. The largest absolute Gasteiger partial charge is 0.454 e. The average molecular weight is 785 g/mol. The number of nitrogens with zero attached hydrogens (tertiary/aromatic N) is 2. The van der Waals surface area contributed by atoms with Gasteiger partial charge < -0.3 is 14.2 Å². The molecule has 0 spiro atoms. The zero-order chi connectivity index (χ0) is 41.0. The number of furan rings is 1. The molecule has 2 aliphatic carbocycles. The van der Waals surface area contributed by atoms with Crippen molar-refractivity contribution in [3.05, 3.63) is 216 Å². The highest BCUT2D eigenvalue weighted by Gasteiger charge is 2.38. The van der Waals surface area contributed by atoms with Crippen molar-refractivity contribution in [3.63, 3.8) is 0 Å². The van der Waals surface area contributed by atoms with Gasteiger partial charge in [0.05, 0.1) is 16.8 Å². The molecule has 0 saturated carbocycles. The standard InChI is InChI=1S/C58H44N2O/c1-57(2)48-28-16-13-23-41(48)43-33-31-39(35-50(43)57)59(37-19-7-5-8-20-37)54-45-25-11-12-26-46(45)55(56-53(54)47-27-15-18-30-52(47)61-56)60(38-21-9-6-10-22-38)40-32-34-44-42-24-14-17-29-49(42)58(3,4)51(44)36-40/h5-36H,1-4H3. The number of benzene rings is 9. The summed E-state index contributed by atoms with van der Waals surface area (Å²) in [6.07, 6.45) is 0. The Kier molecular flexibility index (Phi) is 7.62. The molecule has 3 nitrogen and oxygen atoms in total. The zero-order valence-corrected chi connectivity index (χ0v) is 34.8. The lowest BCUT2D eigenvalue weighted by atomic mass is 9.82. The summed E-state index contributed by atoms with van der Waals surface area (Å²) in [6, 6.07) is 70.9. The van der Waals surface area contributed by atoms with Crippen LogP contribution in [0.4, 0.5) is 34.1 Å². The van der Waals surface area contributed by atoms with E-state index in [9.17, 15) is 0 Å². The summed E-state index contributed by atoms with van der Waals surface area (Å²) < 4.78 is 7.24. The first-order valence-corrected chi connectivity index (χ1v) is 21.4. The summed E-state index contributed by atoms with van der Waals surface area (Å²) in [7, 11) is 0. The molecule has 0 radical (unpaired) electrons. The normalized spacial score (nSPS) is 14.2. The lowest BCUT2D eigenvalue weighted by molar-refractivity contribution is 0.660. The van der Waals surface area contributed by atoms with Crippen LogP contribution in [-0.2, 0) is 10.8 Å². The Labute approximate surface area is 356 Å². The van der Waals surface area contributed by atoms with Gasteiger partial charge in [-0.05, 0) is 99.1 Å². The number of fused-ring (bicyclic) bond motifs is 10. The fourth-order valence-corrected chi connectivity index (χ4v) is 10.7. The Balaban J connectivity index is 1.17. The number of rotatable bonds is 6. The highest BCUT2D eigenvalue weighted by molar-refractivity contribution is 6.28. The van der Waals surface area contributed by atoms with Gasteiger partial charge in [-0.15, -0.1) is 0 Å². The van der Waals surface area contributed by atoms with E-state index in [1.54, 1.807) is 0 Å². The molecule has 292 valence electrons. The molecular formula is C58H44N2O. The van der Waals surface area contributed by atoms with Crippen molar-refractivity contribution in [2.45, 2.75) is 38.5 Å². The van der Waals surface area contributed by atoms with E-state index in [-0.39, 0.29) is 10.8 Å². The minimum absolute atomic E-state index is 0.157. The molecule has 61 heavy (non-hydrogen) atoms. The monoisotopic (exact) mass is 784 g/mol. The van der Waals surface area contributed by atoms with Gasteiger partial charge in [-0.1, -0.05) is 167 Å². The summed E-state index contributed by atoms with van der Waals surface area (Å²) in [5.74, 6) is 0. The van der Waals surface area contributed by atoms with E-state index in [0.29, 0.717) is 0 Å². The summed E-state index contributed by atoms with van der Waals surface area (Å²) in [5, 5.41) is 4.39. The van der Waals surface area contributed by atoms with Crippen molar-refractivity contribution in [2.75, 3.05) is 9.80 Å². The summed E-state index contributed by atoms with van der Waals surface area (Å²) in [5.41, 5.74) is 18.5. The maximum absolute atomic E-state index is 7.24. The van der Waals surface area contributed by atoms with Crippen molar-refractivity contribution >= 4 is 66.8 Å². The first kappa shape index (κ1) is 35.6. The third-order valence-electron chi connectivity index (χ3n) is 13.6. The van der Waals surface area contributed by atoms with Crippen molar-refractivity contribution in [1.82, 2.24) is 0 Å². The molecule has 0 aliphatic heterocycles. The van der Waals surface area contributed by atoms with Crippen LogP contribution in [-0.4, -0.2) is 0 Å². The van der Waals surface area contributed by atoms with Crippen LogP contribution in [0.1, 0.15) is 49.9 Å². The van der Waals surface area contributed by atoms with Crippen LogP contribution in [0.3, 0.4) is 0 Å². The fourth-order valence-electron chi connectivity index (χ4n) is 10.7.